The fourth-order valence-electron chi connectivity index (χ4n) is 4.64. The zero-order valence-corrected chi connectivity index (χ0v) is 18.1. The Bertz CT molecular complexity index is 1290. The summed E-state index contributed by atoms with van der Waals surface area (Å²) in [7, 11) is 3.87. The highest BCUT2D eigenvalue weighted by Gasteiger charge is 2.35. The summed E-state index contributed by atoms with van der Waals surface area (Å²) in [6.07, 6.45) is 1.55. The first kappa shape index (κ1) is 19.8. The van der Waals surface area contributed by atoms with Crippen molar-refractivity contribution >= 4 is 27.6 Å². The zero-order chi connectivity index (χ0) is 21.7. The van der Waals surface area contributed by atoms with Gasteiger partial charge in [0.05, 0.1) is 12.1 Å². The quantitative estimate of drug-likeness (QED) is 0.533. The molecule has 1 aliphatic rings. The van der Waals surface area contributed by atoms with Crippen LogP contribution in [0.3, 0.4) is 0 Å². The van der Waals surface area contributed by atoms with Crippen LogP contribution in [0.4, 0.5) is 0 Å². The van der Waals surface area contributed by atoms with Crippen LogP contribution < -0.4 is 0 Å². The van der Waals surface area contributed by atoms with E-state index in [0.29, 0.717) is 18.7 Å². The van der Waals surface area contributed by atoms with Gasteiger partial charge >= 0.3 is 0 Å². The van der Waals surface area contributed by atoms with Crippen LogP contribution in [0.5, 0.6) is 0 Å². The fourth-order valence-corrected chi connectivity index (χ4v) is 4.64. The van der Waals surface area contributed by atoms with E-state index in [0.717, 1.165) is 21.9 Å². The number of nitrogens with one attached hydrogen (secondary N) is 1. The normalized spacial score (nSPS) is 19.1. The standard InChI is InChI=1S/C26H27N3O2/c1-16-4-9-23-21(10-16)22(13-27-23)19-7-5-18-12-20(8-6-17(18)11-19)26(31)29-14-24(28(2)3)25(30)15-29/h4-13,24-25,27,30H,14-15H2,1-3H3/t24-,25-/m0/s1. The topological polar surface area (TPSA) is 59.6 Å². The van der Waals surface area contributed by atoms with Crippen LogP contribution in [0.2, 0.25) is 0 Å². The maximum absolute atomic E-state index is 13.0. The number of likely N-dealkylation sites (tertiary alicyclic amines) is 1. The van der Waals surface area contributed by atoms with E-state index in [9.17, 15) is 9.90 Å². The highest BCUT2D eigenvalue weighted by molar-refractivity contribution is 6.01. The van der Waals surface area contributed by atoms with E-state index in [1.807, 2.05) is 37.2 Å². The van der Waals surface area contributed by atoms with E-state index in [2.05, 4.69) is 54.5 Å². The van der Waals surface area contributed by atoms with E-state index in [4.69, 9.17) is 0 Å². The van der Waals surface area contributed by atoms with Gasteiger partial charge in [0.15, 0.2) is 0 Å². The minimum Gasteiger partial charge on any atom is -0.390 e. The van der Waals surface area contributed by atoms with Crippen LogP contribution in [0.1, 0.15) is 15.9 Å². The molecule has 2 atom stereocenters. The Balaban J connectivity index is 1.45. The van der Waals surface area contributed by atoms with Gasteiger partial charge in [-0.25, -0.2) is 0 Å². The number of fused-ring (bicyclic) bond motifs is 2. The van der Waals surface area contributed by atoms with Crippen LogP contribution in [-0.2, 0) is 0 Å². The van der Waals surface area contributed by atoms with E-state index in [1.165, 1.54) is 16.5 Å². The second-order valence-corrected chi connectivity index (χ2v) is 8.84. The molecule has 2 heterocycles. The van der Waals surface area contributed by atoms with Gasteiger partial charge < -0.3 is 19.9 Å². The highest BCUT2D eigenvalue weighted by atomic mass is 16.3. The predicted molar refractivity (Wildman–Crippen MR) is 125 cm³/mol. The van der Waals surface area contributed by atoms with Crippen molar-refractivity contribution in [1.82, 2.24) is 14.8 Å². The Morgan fingerprint density at radius 1 is 1.03 bits per heavy atom. The first-order valence-corrected chi connectivity index (χ1v) is 10.7. The molecule has 0 unspecified atom stereocenters. The molecule has 0 spiro atoms. The minimum absolute atomic E-state index is 0.0215. The van der Waals surface area contributed by atoms with E-state index >= 15 is 0 Å². The van der Waals surface area contributed by atoms with Crippen molar-refractivity contribution in [3.8, 4) is 11.1 Å². The number of benzene rings is 3. The van der Waals surface area contributed by atoms with Crippen molar-refractivity contribution in [2.75, 3.05) is 27.2 Å². The Kier molecular flexibility index (Phi) is 4.80. The number of H-pyrrole nitrogens is 1. The van der Waals surface area contributed by atoms with Gasteiger partial charge in [-0.15, -0.1) is 0 Å². The SMILES string of the molecule is Cc1ccc2[nH]cc(-c3ccc4cc(C(=O)N5C[C@H](O)[C@@H](N(C)C)C5)ccc4c3)c2c1. The number of hydrogen-bond acceptors (Lipinski definition) is 3. The van der Waals surface area contributed by atoms with E-state index in [1.54, 1.807) is 4.90 Å². The molecule has 0 saturated carbocycles. The molecule has 1 aliphatic heterocycles. The number of rotatable bonds is 3. The predicted octanol–water partition coefficient (Wildman–Crippen LogP) is 4.04. The molecular formula is C26H27N3O2. The summed E-state index contributed by atoms with van der Waals surface area (Å²) in [6.45, 7) is 3.03. The molecule has 0 bridgehead atoms. The van der Waals surface area contributed by atoms with Crippen LogP contribution in [-0.4, -0.2) is 65.1 Å². The summed E-state index contributed by atoms with van der Waals surface area (Å²) in [5.74, 6) is -0.0264. The van der Waals surface area contributed by atoms with Crippen LogP contribution >= 0.6 is 0 Å². The highest BCUT2D eigenvalue weighted by Crippen LogP contribution is 2.32. The van der Waals surface area contributed by atoms with Gasteiger partial charge in [0.1, 0.15) is 0 Å². The third kappa shape index (κ3) is 3.50. The van der Waals surface area contributed by atoms with Crippen LogP contribution in [0.15, 0.2) is 60.8 Å². The number of carbonyl (C=O) groups is 1. The number of carbonyl (C=O) groups excluding carboxylic acids is 1. The molecule has 158 valence electrons. The summed E-state index contributed by atoms with van der Waals surface area (Å²) in [5, 5.41) is 13.6. The molecule has 5 nitrogen and oxygen atoms in total. The largest absolute Gasteiger partial charge is 0.390 e. The van der Waals surface area contributed by atoms with Gasteiger partial charge in [0.2, 0.25) is 0 Å². The summed E-state index contributed by atoms with van der Waals surface area (Å²) in [6, 6.07) is 18.6. The maximum Gasteiger partial charge on any atom is 0.254 e. The van der Waals surface area contributed by atoms with Crippen molar-refractivity contribution in [1.29, 1.82) is 0 Å². The van der Waals surface area contributed by atoms with Gasteiger partial charge in [-0.2, -0.15) is 0 Å². The number of likely N-dealkylation sites (N-methyl/N-ethyl adjacent to an activating group) is 1. The third-order valence-electron chi connectivity index (χ3n) is 6.44. The Morgan fingerprint density at radius 3 is 2.58 bits per heavy atom. The molecule has 5 rings (SSSR count). The van der Waals surface area contributed by atoms with Crippen molar-refractivity contribution in [2.24, 2.45) is 0 Å². The zero-order valence-electron chi connectivity index (χ0n) is 18.1. The minimum atomic E-state index is -0.512. The molecule has 0 aliphatic carbocycles. The molecule has 3 aromatic carbocycles. The molecule has 1 amide bonds. The molecule has 5 heteroatoms. The van der Waals surface area contributed by atoms with Crippen molar-refractivity contribution in [2.45, 2.75) is 19.1 Å². The lowest BCUT2D eigenvalue weighted by atomic mass is 9.99. The van der Waals surface area contributed by atoms with Gasteiger partial charge in [0, 0.05) is 41.3 Å². The second kappa shape index (κ2) is 7.52. The molecule has 1 fully saturated rings. The lowest BCUT2D eigenvalue weighted by Gasteiger charge is -2.21. The van der Waals surface area contributed by atoms with E-state index in [-0.39, 0.29) is 11.9 Å². The lowest BCUT2D eigenvalue weighted by Crippen LogP contribution is -2.38. The Morgan fingerprint density at radius 2 is 1.81 bits per heavy atom. The van der Waals surface area contributed by atoms with Crippen LogP contribution in [0, 0.1) is 6.92 Å². The first-order chi connectivity index (χ1) is 14.9. The van der Waals surface area contributed by atoms with Gasteiger partial charge in [-0.3, -0.25) is 4.79 Å². The molecule has 1 aromatic heterocycles. The number of aromatic nitrogens is 1. The van der Waals surface area contributed by atoms with Gasteiger partial charge in [-0.1, -0.05) is 29.8 Å². The molecule has 31 heavy (non-hydrogen) atoms. The molecule has 0 radical (unpaired) electrons. The summed E-state index contributed by atoms with van der Waals surface area (Å²) < 4.78 is 0. The molecule has 2 N–H and O–H groups in total. The smallest absolute Gasteiger partial charge is 0.254 e. The number of aliphatic hydroxyl groups excluding tert-OH is 1. The Labute approximate surface area is 181 Å². The number of amides is 1. The summed E-state index contributed by atoms with van der Waals surface area (Å²) >= 11 is 0. The number of aromatic amines is 1. The third-order valence-corrected chi connectivity index (χ3v) is 6.44. The average Bonchev–Trinajstić information content (AvgIpc) is 3.35. The Hall–Kier alpha value is -3.15. The average molecular weight is 414 g/mol. The monoisotopic (exact) mass is 413 g/mol. The molecular weight excluding hydrogens is 386 g/mol. The van der Waals surface area contributed by atoms with Crippen molar-refractivity contribution in [3.63, 3.8) is 0 Å². The van der Waals surface area contributed by atoms with E-state index < -0.39 is 6.10 Å². The fraction of sp³-hybridized carbons (Fsp3) is 0.269. The molecule has 1 saturated heterocycles. The van der Waals surface area contributed by atoms with Crippen molar-refractivity contribution in [3.05, 3.63) is 71.9 Å². The van der Waals surface area contributed by atoms with Crippen molar-refractivity contribution < 1.29 is 9.90 Å². The lowest BCUT2D eigenvalue weighted by molar-refractivity contribution is 0.0764. The number of hydrogen-bond donors (Lipinski definition) is 2. The number of aryl methyl sites for hydroxylation is 1. The molecule has 4 aromatic rings. The van der Waals surface area contributed by atoms with Crippen LogP contribution in [0.25, 0.3) is 32.8 Å². The first-order valence-electron chi connectivity index (χ1n) is 10.7. The number of nitrogens with zero attached hydrogens (tertiary/aromatic N) is 2. The van der Waals surface area contributed by atoms with Gasteiger partial charge in [-0.05, 0) is 67.7 Å². The number of aliphatic hydroxyl groups is 1. The van der Waals surface area contributed by atoms with Gasteiger partial charge in [0.25, 0.3) is 5.91 Å². The second-order valence-electron chi connectivity index (χ2n) is 8.84. The number of β-amino-alcohol motifs (C(OH)–C–C–N with tert-alkyl or cyclic N) is 1. The summed E-state index contributed by atoms with van der Waals surface area (Å²) in [5.41, 5.74) is 5.36. The maximum atomic E-state index is 13.0. The summed E-state index contributed by atoms with van der Waals surface area (Å²) in [4.78, 5) is 20.1.